The van der Waals surface area contributed by atoms with Crippen LogP contribution in [0.4, 0.5) is 0 Å². The van der Waals surface area contributed by atoms with Crippen molar-refractivity contribution in [1.29, 1.82) is 0 Å². The number of aliphatic imine (C=N–C) groups is 2. The molecule has 4 heteroatoms. The maximum Gasteiger partial charge on any atom is 0.302 e. The highest BCUT2D eigenvalue weighted by molar-refractivity contribution is 6.00. The number of amidine groups is 1. The third-order valence-electron chi connectivity index (χ3n) is 2.52. The van der Waals surface area contributed by atoms with Crippen LogP contribution in [0.1, 0.15) is 20.8 Å². The fraction of sp³-hybridized carbons (Fsp3) is 0.800. The van der Waals surface area contributed by atoms with Gasteiger partial charge in [0.05, 0.1) is 19.6 Å². The van der Waals surface area contributed by atoms with Gasteiger partial charge in [-0.2, -0.15) is 0 Å². The first-order valence-corrected chi connectivity index (χ1v) is 5.29. The molecule has 2 rings (SSSR count). The molecule has 2 aliphatic rings. The van der Waals surface area contributed by atoms with Gasteiger partial charge in [-0.25, -0.2) is 4.99 Å². The van der Waals surface area contributed by atoms with Crippen molar-refractivity contribution < 1.29 is 5.32 Å². The lowest BCUT2D eigenvalue weighted by Gasteiger charge is -2.26. The van der Waals surface area contributed by atoms with E-state index in [0.717, 1.165) is 32.1 Å². The molecule has 2 heterocycles. The van der Waals surface area contributed by atoms with Crippen molar-refractivity contribution in [1.82, 2.24) is 4.90 Å². The summed E-state index contributed by atoms with van der Waals surface area (Å²) >= 11 is 0. The van der Waals surface area contributed by atoms with Crippen molar-refractivity contribution in [3.63, 3.8) is 0 Å². The van der Waals surface area contributed by atoms with E-state index in [0.29, 0.717) is 0 Å². The van der Waals surface area contributed by atoms with E-state index < -0.39 is 0 Å². The zero-order valence-electron chi connectivity index (χ0n) is 9.25. The Balaban J connectivity index is 2.17. The first-order chi connectivity index (χ1) is 6.59. The van der Waals surface area contributed by atoms with Crippen LogP contribution >= 0.6 is 0 Å². The van der Waals surface area contributed by atoms with Gasteiger partial charge >= 0.3 is 5.96 Å². The molecule has 4 nitrogen and oxygen atoms in total. The van der Waals surface area contributed by atoms with E-state index in [4.69, 9.17) is 0 Å². The van der Waals surface area contributed by atoms with Crippen LogP contribution in [-0.2, 0) is 0 Å². The van der Waals surface area contributed by atoms with E-state index in [2.05, 4.69) is 41.0 Å². The predicted molar refractivity (Wildman–Crippen MR) is 57.6 cm³/mol. The van der Waals surface area contributed by atoms with E-state index in [9.17, 15) is 0 Å². The van der Waals surface area contributed by atoms with Gasteiger partial charge in [-0.1, -0.05) is 20.8 Å². The molecule has 0 unspecified atom stereocenters. The van der Waals surface area contributed by atoms with Gasteiger partial charge in [0.25, 0.3) is 0 Å². The summed E-state index contributed by atoms with van der Waals surface area (Å²) in [5.41, 5.74) is 0.134. The molecular weight excluding hydrogens is 176 g/mol. The lowest BCUT2D eigenvalue weighted by molar-refractivity contribution is -0.535. The van der Waals surface area contributed by atoms with Gasteiger partial charge in [0.15, 0.2) is 0 Å². The second-order valence-electron chi connectivity index (χ2n) is 4.84. The summed E-state index contributed by atoms with van der Waals surface area (Å²) in [6.07, 6.45) is 0. The minimum Gasteiger partial charge on any atom is -0.280 e. The predicted octanol–water partition coefficient (Wildman–Crippen LogP) is -0.320. The highest BCUT2D eigenvalue weighted by Gasteiger charge is 2.33. The Bertz CT molecular complexity index is 285. The summed E-state index contributed by atoms with van der Waals surface area (Å²) < 4.78 is 0. The molecule has 0 radical (unpaired) electrons. The number of nitrogens with two attached hydrogens (primary N) is 1. The van der Waals surface area contributed by atoms with E-state index in [1.54, 1.807) is 0 Å². The zero-order valence-corrected chi connectivity index (χ0v) is 9.25. The van der Waals surface area contributed by atoms with Gasteiger partial charge in [0.1, 0.15) is 12.4 Å². The second kappa shape index (κ2) is 3.35. The van der Waals surface area contributed by atoms with Crippen molar-refractivity contribution in [3.8, 4) is 0 Å². The van der Waals surface area contributed by atoms with Crippen molar-refractivity contribution in [2.24, 2.45) is 15.4 Å². The maximum atomic E-state index is 4.57. The van der Waals surface area contributed by atoms with Crippen LogP contribution < -0.4 is 5.32 Å². The molecule has 0 spiro atoms. The van der Waals surface area contributed by atoms with Crippen LogP contribution in [0.5, 0.6) is 0 Å². The average molecular weight is 195 g/mol. The fourth-order valence-corrected chi connectivity index (χ4v) is 1.95. The lowest BCUT2D eigenvalue weighted by atomic mass is 9.94. The molecule has 0 aromatic heterocycles. The van der Waals surface area contributed by atoms with Crippen LogP contribution in [0.25, 0.3) is 0 Å². The smallest absolute Gasteiger partial charge is 0.280 e. The Labute approximate surface area is 85.1 Å². The first kappa shape index (κ1) is 9.65. The molecule has 0 aromatic carbocycles. The van der Waals surface area contributed by atoms with Gasteiger partial charge in [-0.05, 0) is 0 Å². The standard InChI is InChI=1S/C10H18N4/c1-10(2,3)8-11-6-7-14(8)9-12-4-5-13-9/h4-7H2,1-3H3,(H,12,13)/p+1. The summed E-state index contributed by atoms with van der Waals surface area (Å²) in [5.74, 6) is 2.32. The van der Waals surface area contributed by atoms with E-state index in [1.165, 1.54) is 5.84 Å². The molecule has 2 aliphatic heterocycles. The maximum absolute atomic E-state index is 4.57. The molecule has 0 aromatic rings. The molecular formula is C10H19N4+. The molecule has 0 saturated carbocycles. The highest BCUT2D eigenvalue weighted by Crippen LogP contribution is 2.21. The van der Waals surface area contributed by atoms with Gasteiger partial charge in [-0.15, -0.1) is 0 Å². The minimum atomic E-state index is 0.134. The summed E-state index contributed by atoms with van der Waals surface area (Å²) in [7, 11) is 0. The quantitative estimate of drug-likeness (QED) is 0.565. The minimum absolute atomic E-state index is 0.134. The molecule has 0 atom stereocenters. The Kier molecular flexibility index (Phi) is 2.31. The largest absolute Gasteiger partial charge is 0.302 e. The second-order valence-corrected chi connectivity index (χ2v) is 4.84. The molecule has 78 valence electrons. The number of hydrogen-bond donors (Lipinski definition) is 1. The Hall–Kier alpha value is -0.900. The third-order valence-corrected chi connectivity index (χ3v) is 2.52. The van der Waals surface area contributed by atoms with Crippen LogP contribution in [-0.4, -0.2) is 42.9 Å². The van der Waals surface area contributed by atoms with Crippen LogP contribution in [0.3, 0.4) is 0 Å². The number of quaternary nitrogens is 1. The van der Waals surface area contributed by atoms with Crippen molar-refractivity contribution in [3.05, 3.63) is 0 Å². The van der Waals surface area contributed by atoms with Crippen molar-refractivity contribution in [2.75, 3.05) is 26.2 Å². The van der Waals surface area contributed by atoms with Gasteiger partial charge in [0.2, 0.25) is 0 Å². The van der Waals surface area contributed by atoms with Crippen LogP contribution in [0.15, 0.2) is 9.98 Å². The van der Waals surface area contributed by atoms with Crippen LogP contribution in [0, 0.1) is 5.41 Å². The summed E-state index contributed by atoms with van der Waals surface area (Å²) in [4.78, 5) is 11.3. The Morgan fingerprint density at radius 1 is 1.21 bits per heavy atom. The Morgan fingerprint density at radius 3 is 2.57 bits per heavy atom. The molecule has 0 bridgehead atoms. The zero-order chi connectivity index (χ0) is 10.2. The number of hydrogen-bond acceptors (Lipinski definition) is 3. The highest BCUT2D eigenvalue weighted by atomic mass is 15.4. The topological polar surface area (TPSA) is 44.6 Å². The summed E-state index contributed by atoms with van der Waals surface area (Å²) in [5, 5.41) is 2.21. The molecule has 0 fully saturated rings. The van der Waals surface area contributed by atoms with E-state index in [1.807, 2.05) is 0 Å². The molecule has 0 amide bonds. The van der Waals surface area contributed by atoms with Crippen molar-refractivity contribution in [2.45, 2.75) is 20.8 Å². The van der Waals surface area contributed by atoms with Gasteiger partial charge < -0.3 is 0 Å². The molecule has 2 N–H and O–H groups in total. The number of rotatable bonds is 0. The first-order valence-electron chi connectivity index (χ1n) is 5.29. The SMILES string of the molecule is CC(C)(C)C1=NCCN1C1=NCC[NH2+]1. The van der Waals surface area contributed by atoms with Crippen molar-refractivity contribution >= 4 is 11.8 Å². The monoisotopic (exact) mass is 195 g/mol. The molecule has 0 aliphatic carbocycles. The Morgan fingerprint density at radius 2 is 2.00 bits per heavy atom. The number of guanidine groups is 1. The third kappa shape index (κ3) is 1.66. The van der Waals surface area contributed by atoms with E-state index in [-0.39, 0.29) is 5.41 Å². The summed E-state index contributed by atoms with van der Waals surface area (Å²) in [6.45, 7) is 10.6. The normalized spacial score (nSPS) is 22.6. The van der Waals surface area contributed by atoms with Gasteiger partial charge in [-0.3, -0.25) is 15.2 Å². The number of nitrogens with zero attached hydrogens (tertiary/aromatic N) is 3. The lowest BCUT2D eigenvalue weighted by Crippen LogP contribution is -2.89. The fourth-order valence-electron chi connectivity index (χ4n) is 1.95. The van der Waals surface area contributed by atoms with Gasteiger partial charge in [0, 0.05) is 5.41 Å². The summed E-state index contributed by atoms with van der Waals surface area (Å²) in [6, 6.07) is 0. The molecule has 0 saturated heterocycles. The molecule has 14 heavy (non-hydrogen) atoms. The van der Waals surface area contributed by atoms with Crippen LogP contribution in [0.2, 0.25) is 0 Å². The van der Waals surface area contributed by atoms with E-state index >= 15 is 0 Å². The average Bonchev–Trinajstić information content (AvgIpc) is 2.73.